The Balaban J connectivity index is 2.57. The van der Waals surface area contributed by atoms with Crippen molar-refractivity contribution in [3.05, 3.63) is 42.0 Å². The summed E-state index contributed by atoms with van der Waals surface area (Å²) >= 11 is 0. The third kappa shape index (κ3) is 1.56. The van der Waals surface area contributed by atoms with Crippen LogP contribution in [0.25, 0.3) is 10.8 Å². The van der Waals surface area contributed by atoms with Gasteiger partial charge in [-0.3, -0.25) is 0 Å². The van der Waals surface area contributed by atoms with E-state index in [0.29, 0.717) is 0 Å². The second-order valence-electron chi connectivity index (χ2n) is 3.21. The maximum absolute atomic E-state index is 8.97. The highest BCUT2D eigenvalue weighted by atomic mass is 16.5. The van der Waals surface area contributed by atoms with E-state index in [4.69, 9.17) is 9.84 Å². The van der Waals surface area contributed by atoms with E-state index < -0.39 is 0 Å². The molecule has 2 aromatic carbocycles. The molecule has 2 aromatic rings. The highest BCUT2D eigenvalue weighted by Gasteiger charge is 1.97. The van der Waals surface area contributed by atoms with Gasteiger partial charge in [-0.15, -0.1) is 0 Å². The Kier molecular flexibility index (Phi) is 2.37. The molecular weight excluding hydrogens is 176 g/mol. The van der Waals surface area contributed by atoms with Crippen LogP contribution in [-0.4, -0.2) is 12.2 Å². The smallest absolute Gasteiger partial charge is 0.119 e. The fraction of sp³-hybridized carbons (Fsp3) is 0.167. The summed E-state index contributed by atoms with van der Waals surface area (Å²) < 4.78 is 5.13. The Bertz CT molecular complexity index is 406. The van der Waals surface area contributed by atoms with E-state index in [1.165, 1.54) is 0 Å². The molecule has 0 aromatic heterocycles. The molecule has 2 heteroatoms. The van der Waals surface area contributed by atoms with E-state index in [-0.39, 0.29) is 6.61 Å². The summed E-state index contributed by atoms with van der Waals surface area (Å²) in [4.78, 5) is 0. The predicted molar refractivity (Wildman–Crippen MR) is 56.4 cm³/mol. The van der Waals surface area contributed by atoms with Crippen molar-refractivity contribution >= 4 is 10.8 Å². The zero-order chi connectivity index (χ0) is 9.97. The van der Waals surface area contributed by atoms with Gasteiger partial charge in [0.15, 0.2) is 0 Å². The van der Waals surface area contributed by atoms with E-state index in [9.17, 15) is 0 Å². The molecule has 0 spiro atoms. The molecule has 72 valence electrons. The molecule has 0 amide bonds. The minimum Gasteiger partial charge on any atom is -0.497 e. The largest absolute Gasteiger partial charge is 0.497 e. The lowest BCUT2D eigenvalue weighted by atomic mass is 10.1. The summed E-state index contributed by atoms with van der Waals surface area (Å²) in [5, 5.41) is 11.2. The van der Waals surface area contributed by atoms with Crippen LogP contribution in [0.3, 0.4) is 0 Å². The van der Waals surface area contributed by atoms with Crippen LogP contribution in [0.1, 0.15) is 5.56 Å². The summed E-state index contributed by atoms with van der Waals surface area (Å²) in [6.07, 6.45) is 0. The Hall–Kier alpha value is -1.54. The van der Waals surface area contributed by atoms with Gasteiger partial charge in [0.1, 0.15) is 5.75 Å². The predicted octanol–water partition coefficient (Wildman–Crippen LogP) is 2.34. The maximum atomic E-state index is 8.97. The monoisotopic (exact) mass is 188 g/mol. The molecule has 0 radical (unpaired) electrons. The van der Waals surface area contributed by atoms with Crippen LogP contribution in [0.15, 0.2) is 36.4 Å². The van der Waals surface area contributed by atoms with E-state index in [1.54, 1.807) is 7.11 Å². The number of ether oxygens (including phenoxy) is 1. The number of aliphatic hydroxyl groups excluding tert-OH is 1. The molecule has 0 aliphatic carbocycles. The average molecular weight is 188 g/mol. The van der Waals surface area contributed by atoms with Crippen LogP contribution in [0.5, 0.6) is 5.75 Å². The lowest BCUT2D eigenvalue weighted by molar-refractivity contribution is 0.282. The van der Waals surface area contributed by atoms with Crippen LogP contribution in [0.2, 0.25) is 0 Å². The van der Waals surface area contributed by atoms with Crippen molar-refractivity contribution in [1.82, 2.24) is 0 Å². The molecule has 14 heavy (non-hydrogen) atoms. The Morgan fingerprint density at radius 1 is 1.07 bits per heavy atom. The molecule has 0 aliphatic heterocycles. The van der Waals surface area contributed by atoms with Crippen LogP contribution in [0.4, 0.5) is 0 Å². The molecule has 1 N–H and O–H groups in total. The second-order valence-corrected chi connectivity index (χ2v) is 3.21. The lowest BCUT2D eigenvalue weighted by Crippen LogP contribution is -1.85. The molecule has 0 bridgehead atoms. The van der Waals surface area contributed by atoms with Crippen molar-refractivity contribution in [1.29, 1.82) is 0 Å². The number of hydrogen-bond donors (Lipinski definition) is 1. The van der Waals surface area contributed by atoms with Crippen LogP contribution in [-0.2, 0) is 6.61 Å². The van der Waals surface area contributed by atoms with Gasteiger partial charge in [-0.25, -0.2) is 0 Å². The van der Waals surface area contributed by atoms with Crippen LogP contribution >= 0.6 is 0 Å². The minimum atomic E-state index is 0.0853. The molecule has 0 saturated carbocycles. The van der Waals surface area contributed by atoms with Gasteiger partial charge in [0.2, 0.25) is 0 Å². The van der Waals surface area contributed by atoms with Gasteiger partial charge in [0.25, 0.3) is 0 Å². The van der Waals surface area contributed by atoms with E-state index >= 15 is 0 Å². The highest BCUT2D eigenvalue weighted by molar-refractivity contribution is 5.84. The first-order chi connectivity index (χ1) is 6.83. The topological polar surface area (TPSA) is 29.5 Å². The van der Waals surface area contributed by atoms with Crippen LogP contribution < -0.4 is 4.74 Å². The van der Waals surface area contributed by atoms with Gasteiger partial charge < -0.3 is 9.84 Å². The highest BCUT2D eigenvalue weighted by Crippen LogP contribution is 2.21. The van der Waals surface area contributed by atoms with Crippen LogP contribution in [0, 0.1) is 0 Å². The van der Waals surface area contributed by atoms with Gasteiger partial charge in [-0.1, -0.05) is 18.2 Å². The molecule has 0 atom stereocenters. The standard InChI is InChI=1S/C12H12O2/c1-14-12-5-4-10-6-9(8-13)2-3-11(10)7-12/h2-7,13H,8H2,1H3. The molecule has 0 fully saturated rings. The normalized spacial score (nSPS) is 10.4. The first kappa shape index (κ1) is 9.03. The van der Waals surface area contributed by atoms with Crippen molar-refractivity contribution in [2.24, 2.45) is 0 Å². The Morgan fingerprint density at radius 2 is 1.79 bits per heavy atom. The van der Waals surface area contributed by atoms with Crippen molar-refractivity contribution in [3.8, 4) is 5.75 Å². The molecule has 0 saturated heterocycles. The van der Waals surface area contributed by atoms with Crippen molar-refractivity contribution in [2.75, 3.05) is 7.11 Å². The van der Waals surface area contributed by atoms with Gasteiger partial charge >= 0.3 is 0 Å². The number of fused-ring (bicyclic) bond motifs is 1. The van der Waals surface area contributed by atoms with Gasteiger partial charge in [-0.2, -0.15) is 0 Å². The van der Waals surface area contributed by atoms with Gasteiger partial charge in [0.05, 0.1) is 13.7 Å². The SMILES string of the molecule is COc1ccc2cc(CO)ccc2c1. The lowest BCUT2D eigenvalue weighted by Gasteiger charge is -2.03. The zero-order valence-corrected chi connectivity index (χ0v) is 8.03. The summed E-state index contributed by atoms with van der Waals surface area (Å²) in [5.41, 5.74) is 0.933. The number of hydrogen-bond acceptors (Lipinski definition) is 2. The zero-order valence-electron chi connectivity index (χ0n) is 8.03. The Labute approximate surface area is 82.8 Å². The quantitative estimate of drug-likeness (QED) is 0.783. The minimum absolute atomic E-state index is 0.0853. The van der Waals surface area contributed by atoms with Crippen molar-refractivity contribution in [2.45, 2.75) is 6.61 Å². The van der Waals surface area contributed by atoms with E-state index in [2.05, 4.69) is 0 Å². The molecule has 0 heterocycles. The second kappa shape index (κ2) is 3.68. The summed E-state index contributed by atoms with van der Waals surface area (Å²) in [6, 6.07) is 11.8. The van der Waals surface area contributed by atoms with E-state index in [0.717, 1.165) is 22.1 Å². The van der Waals surface area contributed by atoms with Gasteiger partial charge in [0, 0.05) is 0 Å². The molecule has 0 unspecified atom stereocenters. The molecule has 2 nitrogen and oxygen atoms in total. The summed E-state index contributed by atoms with van der Waals surface area (Å²) in [7, 11) is 1.66. The first-order valence-electron chi connectivity index (χ1n) is 4.51. The summed E-state index contributed by atoms with van der Waals surface area (Å²) in [6.45, 7) is 0.0853. The fourth-order valence-electron chi connectivity index (χ4n) is 1.50. The number of aliphatic hydroxyl groups is 1. The third-order valence-electron chi connectivity index (χ3n) is 2.29. The summed E-state index contributed by atoms with van der Waals surface area (Å²) in [5.74, 6) is 0.856. The number of methoxy groups -OCH3 is 1. The Morgan fingerprint density at radius 3 is 2.50 bits per heavy atom. The first-order valence-corrected chi connectivity index (χ1v) is 4.51. The average Bonchev–Trinajstić information content (AvgIpc) is 2.27. The van der Waals surface area contributed by atoms with Crippen molar-refractivity contribution in [3.63, 3.8) is 0 Å². The fourth-order valence-corrected chi connectivity index (χ4v) is 1.50. The van der Waals surface area contributed by atoms with E-state index in [1.807, 2.05) is 36.4 Å². The maximum Gasteiger partial charge on any atom is 0.119 e. The van der Waals surface area contributed by atoms with Gasteiger partial charge in [-0.05, 0) is 34.5 Å². The third-order valence-corrected chi connectivity index (χ3v) is 2.29. The number of benzene rings is 2. The molecular formula is C12H12O2. The van der Waals surface area contributed by atoms with Crippen molar-refractivity contribution < 1.29 is 9.84 Å². The number of rotatable bonds is 2. The molecule has 0 aliphatic rings. The molecule has 2 rings (SSSR count).